The van der Waals surface area contributed by atoms with Gasteiger partial charge in [0.05, 0.1) is 24.1 Å². The average molecular weight is 803 g/mol. The van der Waals surface area contributed by atoms with Crippen molar-refractivity contribution in [3.05, 3.63) is 71.3 Å². The second-order valence-electron chi connectivity index (χ2n) is 18.2. The number of amides is 6. The van der Waals surface area contributed by atoms with E-state index in [-0.39, 0.29) is 56.6 Å². The van der Waals surface area contributed by atoms with E-state index < -0.39 is 52.5 Å². The molecule has 0 bridgehead atoms. The summed E-state index contributed by atoms with van der Waals surface area (Å²) in [6, 6.07) is 14.3. The van der Waals surface area contributed by atoms with Crippen LogP contribution >= 0.6 is 0 Å². The fourth-order valence-electron chi connectivity index (χ4n) is 7.98. The lowest BCUT2D eigenvalue weighted by Gasteiger charge is -2.36. The number of likely N-dealkylation sites (N-methyl/N-ethyl adjacent to an activating group) is 1. The largest absolute Gasteiger partial charge is 0.444 e. The number of rotatable bonds is 15. The highest BCUT2D eigenvalue weighted by molar-refractivity contribution is 5.94. The summed E-state index contributed by atoms with van der Waals surface area (Å²) in [6.45, 7) is 10.8. The lowest BCUT2D eigenvalue weighted by Crippen LogP contribution is -2.59. The predicted molar refractivity (Wildman–Crippen MR) is 218 cm³/mol. The molecule has 0 spiro atoms. The third-order valence-corrected chi connectivity index (χ3v) is 11.3. The summed E-state index contributed by atoms with van der Waals surface area (Å²) < 4.78 is 10.9. The molecule has 14 heteroatoms. The zero-order valence-corrected chi connectivity index (χ0v) is 35.3. The minimum absolute atomic E-state index is 0.0357. The number of nitrogens with zero attached hydrogens (tertiary/aromatic N) is 3. The SMILES string of the molecule is COC[C@@H](c1ccccc1)N(C=O)CC1(C(=O)N[C@H]2C[C@@H](C(=O)N[C@@H]3CCCc4ccccc43)N(C(=O)[C@@H](NC(=O)CN(C)C(=O)OC(C)(C)C)C(C)(C)C)C2)CC1. The maximum absolute atomic E-state index is 14.7. The number of methoxy groups -OCH3 is 1. The lowest BCUT2D eigenvalue weighted by atomic mass is 9.85. The van der Waals surface area contributed by atoms with Crippen LogP contribution in [0, 0.1) is 10.8 Å². The number of fused-ring (bicyclic) bond motifs is 1. The highest BCUT2D eigenvalue weighted by Crippen LogP contribution is 2.48. The number of likely N-dealkylation sites (tertiary alicyclic amines) is 1. The molecule has 0 unspecified atom stereocenters. The van der Waals surface area contributed by atoms with Gasteiger partial charge in [-0.05, 0) is 81.4 Å². The molecule has 5 atom stereocenters. The van der Waals surface area contributed by atoms with Crippen molar-refractivity contribution < 1.29 is 38.2 Å². The monoisotopic (exact) mass is 802 g/mol. The van der Waals surface area contributed by atoms with Crippen molar-refractivity contribution in [2.75, 3.05) is 40.4 Å². The van der Waals surface area contributed by atoms with Gasteiger partial charge in [0.1, 0.15) is 24.2 Å². The molecule has 2 aliphatic carbocycles. The van der Waals surface area contributed by atoms with Gasteiger partial charge in [-0.25, -0.2) is 4.79 Å². The van der Waals surface area contributed by atoms with E-state index in [0.29, 0.717) is 12.8 Å². The molecule has 3 aliphatic rings. The minimum atomic E-state index is -1.07. The zero-order valence-electron chi connectivity index (χ0n) is 35.3. The summed E-state index contributed by atoms with van der Waals surface area (Å²) in [5.41, 5.74) is 0.734. The Kier molecular flexibility index (Phi) is 13.9. The molecule has 14 nitrogen and oxygen atoms in total. The topological polar surface area (TPSA) is 167 Å². The normalized spacial score (nSPS) is 20.8. The first-order valence-electron chi connectivity index (χ1n) is 20.3. The van der Waals surface area contributed by atoms with Gasteiger partial charge in [0.15, 0.2) is 0 Å². The third-order valence-electron chi connectivity index (χ3n) is 11.3. The van der Waals surface area contributed by atoms with Crippen LogP contribution in [0.1, 0.15) is 102 Å². The number of benzene rings is 2. The molecule has 2 aromatic rings. The minimum Gasteiger partial charge on any atom is -0.444 e. The standard InChI is InChI=1S/C44H62N6O8/c1-42(2,3)37(47-36(52)25-48(7)41(56)58-43(4,5)6)39(54)50-24-31(23-34(50)38(53)46-33-20-14-18-29-15-12-13-19-32(29)33)45-40(55)44(21-22-44)27-49(28-51)35(26-57-8)30-16-10-9-11-17-30/h9-13,15-17,19,28,31,33-35,37H,14,18,20-27H2,1-8H3,(H,45,55)(H,46,53)(H,47,52)/t31-,33+,34-,35-,37+/m0/s1. The van der Waals surface area contributed by atoms with Crippen molar-refractivity contribution in [3.8, 4) is 0 Å². The van der Waals surface area contributed by atoms with Crippen LogP contribution < -0.4 is 16.0 Å². The second-order valence-corrected chi connectivity index (χ2v) is 18.2. The Morgan fingerprint density at radius 3 is 2.26 bits per heavy atom. The number of hydrogen-bond acceptors (Lipinski definition) is 8. The molecule has 1 saturated heterocycles. The molecule has 0 radical (unpaired) electrons. The van der Waals surface area contributed by atoms with Crippen LogP contribution in [0.2, 0.25) is 0 Å². The van der Waals surface area contributed by atoms with E-state index in [1.54, 1.807) is 32.8 Å². The first kappa shape index (κ1) is 44.1. The number of aryl methyl sites for hydroxylation is 1. The van der Waals surface area contributed by atoms with Crippen molar-refractivity contribution in [1.82, 2.24) is 30.7 Å². The van der Waals surface area contributed by atoms with Crippen LogP contribution in [0.3, 0.4) is 0 Å². The molecule has 6 amide bonds. The molecule has 2 aromatic carbocycles. The van der Waals surface area contributed by atoms with Gasteiger partial charge in [-0.1, -0.05) is 75.4 Å². The lowest BCUT2D eigenvalue weighted by molar-refractivity contribution is -0.144. The molecule has 2 fully saturated rings. The Morgan fingerprint density at radius 1 is 0.966 bits per heavy atom. The summed E-state index contributed by atoms with van der Waals surface area (Å²) in [5, 5.41) is 9.21. The Bertz CT molecular complexity index is 1800. The van der Waals surface area contributed by atoms with Crippen LogP contribution in [0.5, 0.6) is 0 Å². The smallest absolute Gasteiger partial charge is 0.410 e. The van der Waals surface area contributed by atoms with E-state index in [9.17, 15) is 28.8 Å². The van der Waals surface area contributed by atoms with Crippen molar-refractivity contribution in [1.29, 1.82) is 0 Å². The number of nitrogens with one attached hydrogen (secondary N) is 3. The maximum atomic E-state index is 14.7. The highest BCUT2D eigenvalue weighted by atomic mass is 16.6. The van der Waals surface area contributed by atoms with Crippen LogP contribution in [-0.4, -0.2) is 115 Å². The Labute approximate surface area is 342 Å². The summed E-state index contributed by atoms with van der Waals surface area (Å²) in [7, 11) is 3.02. The average Bonchev–Trinajstić information content (AvgIpc) is 3.84. The van der Waals surface area contributed by atoms with E-state index in [4.69, 9.17) is 9.47 Å². The van der Waals surface area contributed by atoms with Crippen molar-refractivity contribution in [2.24, 2.45) is 10.8 Å². The summed E-state index contributed by atoms with van der Waals surface area (Å²) >= 11 is 0. The van der Waals surface area contributed by atoms with E-state index in [1.807, 2.05) is 69.3 Å². The van der Waals surface area contributed by atoms with Gasteiger partial charge >= 0.3 is 6.09 Å². The van der Waals surface area contributed by atoms with Crippen LogP contribution in [-0.2, 0) is 39.9 Å². The van der Waals surface area contributed by atoms with Gasteiger partial charge in [0.2, 0.25) is 30.0 Å². The second kappa shape index (κ2) is 18.3. The molecule has 58 heavy (non-hydrogen) atoms. The van der Waals surface area contributed by atoms with Gasteiger partial charge in [-0.2, -0.15) is 0 Å². The molecule has 5 rings (SSSR count). The Hall–Kier alpha value is -4.98. The van der Waals surface area contributed by atoms with Gasteiger partial charge < -0.3 is 40.1 Å². The molecule has 316 valence electrons. The number of carbonyl (C=O) groups excluding carboxylic acids is 6. The molecular formula is C44H62N6O8. The summed E-state index contributed by atoms with van der Waals surface area (Å²) in [6.07, 6.45) is 3.96. The molecule has 1 heterocycles. The fraction of sp³-hybridized carbons (Fsp3) is 0.591. The summed E-state index contributed by atoms with van der Waals surface area (Å²) in [5.74, 6) is -1.62. The van der Waals surface area contributed by atoms with E-state index in [1.165, 1.54) is 17.5 Å². The van der Waals surface area contributed by atoms with Crippen LogP contribution in [0.4, 0.5) is 4.79 Å². The third kappa shape index (κ3) is 10.9. The molecular weight excluding hydrogens is 741 g/mol. The van der Waals surface area contributed by atoms with Crippen LogP contribution in [0.15, 0.2) is 54.6 Å². The number of carbonyl (C=O) groups is 6. The maximum Gasteiger partial charge on any atom is 0.410 e. The predicted octanol–water partition coefficient (Wildman–Crippen LogP) is 4.29. The molecule has 1 aliphatic heterocycles. The van der Waals surface area contributed by atoms with Gasteiger partial charge in [0, 0.05) is 33.3 Å². The quantitative estimate of drug-likeness (QED) is 0.225. The number of ether oxygens (including phenoxy) is 2. The summed E-state index contributed by atoms with van der Waals surface area (Å²) in [4.78, 5) is 86.0. The Balaban J connectivity index is 1.36. The van der Waals surface area contributed by atoms with Gasteiger partial charge in [-0.3, -0.25) is 24.0 Å². The fourth-order valence-corrected chi connectivity index (χ4v) is 7.98. The van der Waals surface area contributed by atoms with Crippen molar-refractivity contribution in [2.45, 2.75) is 116 Å². The number of hydrogen-bond donors (Lipinski definition) is 3. The van der Waals surface area contributed by atoms with Crippen molar-refractivity contribution >= 4 is 36.1 Å². The highest BCUT2D eigenvalue weighted by Gasteiger charge is 2.53. The molecule has 1 saturated carbocycles. The first-order valence-corrected chi connectivity index (χ1v) is 20.3. The van der Waals surface area contributed by atoms with E-state index in [2.05, 4.69) is 22.0 Å². The van der Waals surface area contributed by atoms with E-state index in [0.717, 1.165) is 41.7 Å². The molecule has 3 N–H and O–H groups in total. The first-order chi connectivity index (χ1) is 27.4. The van der Waals surface area contributed by atoms with Crippen molar-refractivity contribution in [3.63, 3.8) is 0 Å². The molecule has 0 aromatic heterocycles. The van der Waals surface area contributed by atoms with E-state index >= 15 is 0 Å². The van der Waals surface area contributed by atoms with Gasteiger partial charge in [-0.15, -0.1) is 0 Å². The Morgan fingerprint density at radius 2 is 1.64 bits per heavy atom. The van der Waals surface area contributed by atoms with Gasteiger partial charge in [0.25, 0.3) is 0 Å². The zero-order chi connectivity index (χ0) is 42.4. The van der Waals surface area contributed by atoms with Crippen LogP contribution in [0.25, 0.3) is 0 Å².